The Morgan fingerprint density at radius 1 is 1.33 bits per heavy atom. The molecule has 0 atom stereocenters. The fraction of sp³-hybridized carbons (Fsp3) is 0.0588. The average Bonchev–Trinajstić information content (AvgIpc) is 2.68. The molecule has 27 heavy (non-hydrogen) atoms. The zero-order chi connectivity index (χ0) is 19.4. The Hall–Kier alpha value is -3.71. The number of fused-ring (bicyclic) bond motifs is 1. The first-order chi connectivity index (χ1) is 13.0. The van der Waals surface area contributed by atoms with Gasteiger partial charge in [0.25, 0.3) is 11.2 Å². The topological polar surface area (TPSA) is 137 Å². The van der Waals surface area contributed by atoms with Crippen LogP contribution in [0.4, 0.5) is 11.4 Å². The minimum Gasteiger partial charge on any atom is -0.271 e. The van der Waals surface area contributed by atoms with Gasteiger partial charge < -0.3 is 0 Å². The van der Waals surface area contributed by atoms with E-state index in [1.807, 2.05) is 0 Å². The van der Waals surface area contributed by atoms with E-state index in [4.69, 9.17) is 5.26 Å². The van der Waals surface area contributed by atoms with Gasteiger partial charge in [-0.3, -0.25) is 20.2 Å². The van der Waals surface area contributed by atoms with Gasteiger partial charge in [0.05, 0.1) is 16.0 Å². The molecule has 3 aromatic rings. The summed E-state index contributed by atoms with van der Waals surface area (Å²) in [6, 6.07) is 11.3. The molecular formula is C17H12N6O3S. The largest absolute Gasteiger partial charge is 0.295 e. The average molecular weight is 380 g/mol. The zero-order valence-corrected chi connectivity index (χ0v) is 14.8. The molecule has 10 heteroatoms. The summed E-state index contributed by atoms with van der Waals surface area (Å²) in [6.45, 7) is 0. The summed E-state index contributed by atoms with van der Waals surface area (Å²) in [4.78, 5) is 27.0. The van der Waals surface area contributed by atoms with Gasteiger partial charge in [-0.05, 0) is 18.4 Å². The number of benzene rings is 2. The van der Waals surface area contributed by atoms with Gasteiger partial charge in [0, 0.05) is 17.0 Å². The van der Waals surface area contributed by atoms with E-state index in [-0.39, 0.29) is 22.1 Å². The van der Waals surface area contributed by atoms with Crippen molar-refractivity contribution in [1.82, 2.24) is 15.5 Å². The summed E-state index contributed by atoms with van der Waals surface area (Å²) in [5.41, 5.74) is 0.411. The lowest BCUT2D eigenvalue weighted by atomic mass is 10.0. The van der Waals surface area contributed by atoms with Crippen molar-refractivity contribution in [2.24, 2.45) is 4.99 Å². The smallest absolute Gasteiger partial charge is 0.271 e. The molecule has 0 saturated carbocycles. The highest BCUT2D eigenvalue weighted by atomic mass is 32.2. The summed E-state index contributed by atoms with van der Waals surface area (Å²) in [6.07, 6.45) is 3.43. The lowest BCUT2D eigenvalue weighted by Gasteiger charge is -2.07. The van der Waals surface area contributed by atoms with Crippen molar-refractivity contribution in [3.63, 3.8) is 0 Å². The predicted molar refractivity (Wildman–Crippen MR) is 104 cm³/mol. The molecule has 2 aromatic carbocycles. The van der Waals surface area contributed by atoms with Gasteiger partial charge in [0.2, 0.25) is 0 Å². The van der Waals surface area contributed by atoms with E-state index in [0.717, 1.165) is 11.8 Å². The molecule has 3 rings (SSSR count). The molecule has 0 radical (unpaired) electrons. The van der Waals surface area contributed by atoms with Crippen molar-refractivity contribution < 1.29 is 4.92 Å². The number of hydrogen-bond donors (Lipinski definition) is 2. The third-order valence-electron chi connectivity index (χ3n) is 3.72. The van der Waals surface area contributed by atoms with Crippen LogP contribution in [0.25, 0.3) is 22.0 Å². The second-order valence-electron chi connectivity index (χ2n) is 5.27. The van der Waals surface area contributed by atoms with Gasteiger partial charge in [-0.2, -0.15) is 10.4 Å². The van der Waals surface area contributed by atoms with Crippen LogP contribution in [0.15, 0.2) is 52.3 Å². The maximum atomic E-state index is 11.9. The highest BCUT2D eigenvalue weighted by Gasteiger charge is 2.18. The first kappa shape index (κ1) is 18.1. The van der Waals surface area contributed by atoms with Gasteiger partial charge in [-0.25, -0.2) is 10.1 Å². The van der Waals surface area contributed by atoms with Crippen molar-refractivity contribution in [1.29, 1.82) is 5.26 Å². The first-order valence-electron chi connectivity index (χ1n) is 7.59. The van der Waals surface area contributed by atoms with E-state index in [0.29, 0.717) is 22.0 Å². The van der Waals surface area contributed by atoms with E-state index in [1.54, 1.807) is 42.8 Å². The second kappa shape index (κ2) is 7.67. The molecule has 1 aromatic heterocycles. The van der Waals surface area contributed by atoms with Gasteiger partial charge in [-0.15, -0.1) is 0 Å². The van der Waals surface area contributed by atoms with E-state index < -0.39 is 4.92 Å². The SMILES string of the molecule is CSC(=Nc1ccc(-c2n[nH]c(=O)c3ccccc23)cc1[N+](=O)[O-])NC#N. The Labute approximate surface area is 156 Å². The van der Waals surface area contributed by atoms with E-state index in [9.17, 15) is 14.9 Å². The summed E-state index contributed by atoms with van der Waals surface area (Å²) in [5.74, 6) is 0. The number of aromatic nitrogens is 2. The van der Waals surface area contributed by atoms with Crippen LogP contribution in [-0.2, 0) is 0 Å². The third kappa shape index (κ3) is 3.63. The molecule has 0 aliphatic heterocycles. The number of rotatable bonds is 3. The van der Waals surface area contributed by atoms with Crippen LogP contribution >= 0.6 is 11.8 Å². The van der Waals surface area contributed by atoms with Gasteiger partial charge in [0.15, 0.2) is 11.4 Å². The normalized spacial score (nSPS) is 11.2. The molecule has 0 fully saturated rings. The number of aliphatic imine (C=N–C) groups is 1. The summed E-state index contributed by atoms with van der Waals surface area (Å²) < 4.78 is 0. The highest BCUT2D eigenvalue weighted by molar-refractivity contribution is 8.13. The number of amidine groups is 1. The van der Waals surface area contributed by atoms with Crippen LogP contribution in [0.1, 0.15) is 0 Å². The highest BCUT2D eigenvalue weighted by Crippen LogP contribution is 2.34. The van der Waals surface area contributed by atoms with Crippen LogP contribution in [-0.4, -0.2) is 26.5 Å². The van der Waals surface area contributed by atoms with Crippen LogP contribution in [0.5, 0.6) is 0 Å². The number of thioether (sulfide) groups is 1. The van der Waals surface area contributed by atoms with Crippen LogP contribution in [0.2, 0.25) is 0 Å². The van der Waals surface area contributed by atoms with Crippen LogP contribution < -0.4 is 10.9 Å². The Bertz CT molecular complexity index is 1170. The molecule has 9 nitrogen and oxygen atoms in total. The molecule has 0 spiro atoms. The second-order valence-corrected chi connectivity index (χ2v) is 6.06. The van der Waals surface area contributed by atoms with Crippen molar-refractivity contribution in [3.05, 3.63) is 62.9 Å². The fourth-order valence-corrected chi connectivity index (χ4v) is 2.87. The van der Waals surface area contributed by atoms with Gasteiger partial charge in [-0.1, -0.05) is 36.0 Å². The first-order valence-corrected chi connectivity index (χ1v) is 8.81. The van der Waals surface area contributed by atoms with Crippen molar-refractivity contribution in [2.45, 2.75) is 0 Å². The van der Waals surface area contributed by atoms with Gasteiger partial charge in [0.1, 0.15) is 5.69 Å². The summed E-state index contributed by atoms with van der Waals surface area (Å²) in [5, 5.41) is 30.3. The standard InChI is InChI=1S/C17H12N6O3S/c1-27-17(19-9-18)20-13-7-6-10(8-14(13)23(25)26)15-11-4-2-3-5-12(11)16(24)22-21-15/h2-8H,1H3,(H,19,20)(H,22,24). The molecule has 2 N–H and O–H groups in total. The Kier molecular flexibility index (Phi) is 5.14. The Morgan fingerprint density at radius 3 is 2.74 bits per heavy atom. The van der Waals surface area contributed by atoms with Crippen molar-refractivity contribution in [2.75, 3.05) is 6.26 Å². The lowest BCUT2D eigenvalue weighted by Crippen LogP contribution is -2.12. The van der Waals surface area contributed by atoms with Crippen molar-refractivity contribution in [3.8, 4) is 17.5 Å². The molecule has 0 saturated heterocycles. The molecule has 0 unspecified atom stereocenters. The summed E-state index contributed by atoms with van der Waals surface area (Å²) >= 11 is 1.16. The molecule has 0 aliphatic carbocycles. The van der Waals surface area contributed by atoms with E-state index in [2.05, 4.69) is 20.5 Å². The van der Waals surface area contributed by atoms with E-state index >= 15 is 0 Å². The van der Waals surface area contributed by atoms with E-state index in [1.165, 1.54) is 12.1 Å². The number of nitriles is 1. The monoisotopic (exact) mass is 380 g/mol. The zero-order valence-electron chi connectivity index (χ0n) is 14.0. The maximum Gasteiger partial charge on any atom is 0.295 e. The summed E-state index contributed by atoms with van der Waals surface area (Å²) in [7, 11) is 0. The van der Waals surface area contributed by atoms with Crippen LogP contribution in [0.3, 0.4) is 0 Å². The maximum absolute atomic E-state index is 11.9. The quantitative estimate of drug-likeness (QED) is 0.178. The number of nitrogens with one attached hydrogen (secondary N) is 2. The number of nitrogens with zero attached hydrogens (tertiary/aromatic N) is 4. The predicted octanol–water partition coefficient (Wildman–Crippen LogP) is 2.92. The number of hydrogen-bond acceptors (Lipinski definition) is 7. The van der Waals surface area contributed by atoms with Crippen LogP contribution in [0, 0.1) is 21.6 Å². The molecule has 0 bridgehead atoms. The minimum absolute atomic E-state index is 0.101. The van der Waals surface area contributed by atoms with Gasteiger partial charge >= 0.3 is 0 Å². The number of H-pyrrole nitrogens is 1. The molecule has 1 heterocycles. The number of nitro groups is 1. The molecule has 0 amide bonds. The molecule has 0 aliphatic rings. The Balaban J connectivity index is 2.19. The Morgan fingerprint density at radius 2 is 2.07 bits per heavy atom. The number of nitro benzene ring substituents is 1. The lowest BCUT2D eigenvalue weighted by molar-refractivity contribution is -0.384. The van der Waals surface area contributed by atoms with Crippen molar-refractivity contribution >= 4 is 39.1 Å². The molecular weight excluding hydrogens is 368 g/mol. The number of aromatic amines is 1. The third-order valence-corrected chi connectivity index (χ3v) is 4.30. The molecule has 134 valence electrons. The fourth-order valence-electron chi connectivity index (χ4n) is 2.53. The minimum atomic E-state index is -0.555.